The van der Waals surface area contributed by atoms with Crippen molar-refractivity contribution in [2.24, 2.45) is 11.1 Å². The van der Waals surface area contributed by atoms with E-state index in [4.69, 9.17) is 5.73 Å². The first-order chi connectivity index (χ1) is 5.99. The molecule has 1 atom stereocenters. The van der Waals surface area contributed by atoms with Gasteiger partial charge in [-0.05, 0) is 26.7 Å². The minimum absolute atomic E-state index is 0.160. The minimum atomic E-state index is -0.929. The molecule has 1 rings (SSSR count). The number of aldehydes is 1. The van der Waals surface area contributed by atoms with E-state index >= 15 is 0 Å². The lowest BCUT2D eigenvalue weighted by Crippen LogP contribution is -2.47. The molecule has 1 amide bonds. The Balaban J connectivity index is 2.72. The Morgan fingerprint density at radius 3 is 2.62 bits per heavy atom. The fourth-order valence-electron chi connectivity index (χ4n) is 1.47. The van der Waals surface area contributed by atoms with E-state index in [2.05, 4.69) is 0 Å². The van der Waals surface area contributed by atoms with Crippen molar-refractivity contribution in [1.29, 1.82) is 0 Å². The Morgan fingerprint density at radius 1 is 1.62 bits per heavy atom. The third-order valence-corrected chi connectivity index (χ3v) is 2.41. The summed E-state index contributed by atoms with van der Waals surface area (Å²) in [5.41, 5.74) is 4.79. The molecule has 0 bridgehead atoms. The molecule has 0 aromatic carbocycles. The highest BCUT2D eigenvalue weighted by Crippen LogP contribution is 2.21. The van der Waals surface area contributed by atoms with Gasteiger partial charge >= 0.3 is 0 Å². The van der Waals surface area contributed by atoms with Crippen molar-refractivity contribution < 1.29 is 9.59 Å². The van der Waals surface area contributed by atoms with Gasteiger partial charge in [-0.15, -0.1) is 0 Å². The molecular weight excluding hydrogens is 168 g/mol. The molecule has 2 N–H and O–H groups in total. The second-order valence-corrected chi connectivity index (χ2v) is 4.05. The summed E-state index contributed by atoms with van der Waals surface area (Å²) >= 11 is 0. The van der Waals surface area contributed by atoms with Crippen LogP contribution in [0.1, 0.15) is 26.7 Å². The van der Waals surface area contributed by atoms with Crippen molar-refractivity contribution in [2.75, 3.05) is 6.54 Å². The molecule has 1 saturated heterocycles. The lowest BCUT2D eigenvalue weighted by Gasteiger charge is -2.27. The topological polar surface area (TPSA) is 63.4 Å². The third kappa shape index (κ3) is 1.88. The molecule has 1 heterocycles. The summed E-state index contributed by atoms with van der Waals surface area (Å²) < 4.78 is 0. The van der Waals surface area contributed by atoms with Gasteiger partial charge in [-0.3, -0.25) is 4.79 Å². The van der Waals surface area contributed by atoms with Gasteiger partial charge in [-0.1, -0.05) is 0 Å². The smallest absolute Gasteiger partial charge is 0.236 e. The molecule has 1 unspecified atom stereocenters. The summed E-state index contributed by atoms with van der Waals surface area (Å²) in [6.07, 6.45) is 2.25. The first-order valence-corrected chi connectivity index (χ1v) is 4.52. The molecule has 0 aromatic rings. The molecule has 0 radical (unpaired) electrons. The van der Waals surface area contributed by atoms with Crippen LogP contribution in [0, 0.1) is 5.41 Å². The molecule has 1 fully saturated rings. The third-order valence-electron chi connectivity index (χ3n) is 2.41. The first-order valence-electron chi connectivity index (χ1n) is 4.52. The van der Waals surface area contributed by atoms with Gasteiger partial charge in [0, 0.05) is 6.54 Å². The van der Waals surface area contributed by atoms with Crippen molar-refractivity contribution in [2.45, 2.75) is 32.9 Å². The molecule has 1 aliphatic rings. The number of rotatable bonds is 2. The predicted octanol–water partition coefficient (Wildman–Crippen LogP) is 0.119. The maximum Gasteiger partial charge on any atom is 0.236 e. The Kier molecular flexibility index (Phi) is 2.71. The van der Waals surface area contributed by atoms with E-state index in [9.17, 15) is 9.59 Å². The molecule has 1 aliphatic heterocycles. The highest BCUT2D eigenvalue weighted by atomic mass is 16.2. The number of carbonyl (C=O) groups is 2. The summed E-state index contributed by atoms with van der Waals surface area (Å²) in [5, 5.41) is 0. The molecule has 74 valence electrons. The Bertz CT molecular complexity index is 226. The van der Waals surface area contributed by atoms with Crippen molar-refractivity contribution >= 4 is 12.2 Å². The van der Waals surface area contributed by atoms with Gasteiger partial charge in [0.25, 0.3) is 0 Å². The van der Waals surface area contributed by atoms with Gasteiger partial charge in [0.15, 0.2) is 0 Å². The maximum atomic E-state index is 11.7. The fraction of sp³-hybridized carbons (Fsp3) is 0.778. The second-order valence-electron chi connectivity index (χ2n) is 4.05. The first kappa shape index (κ1) is 10.2. The fourth-order valence-corrected chi connectivity index (χ4v) is 1.47. The van der Waals surface area contributed by atoms with Crippen molar-refractivity contribution in [3.63, 3.8) is 0 Å². The van der Waals surface area contributed by atoms with Gasteiger partial charge in [-0.25, -0.2) is 0 Å². The average molecular weight is 184 g/mol. The van der Waals surface area contributed by atoms with Crippen LogP contribution in [0.5, 0.6) is 0 Å². The van der Waals surface area contributed by atoms with Crippen LogP contribution in [0.4, 0.5) is 0 Å². The highest BCUT2D eigenvalue weighted by Gasteiger charge is 2.36. The molecule has 0 aliphatic carbocycles. The lowest BCUT2D eigenvalue weighted by atomic mass is 9.94. The molecular formula is C9H16N2O2. The number of nitrogens with two attached hydrogens (primary N) is 1. The van der Waals surface area contributed by atoms with E-state index in [1.165, 1.54) is 0 Å². The second kappa shape index (κ2) is 3.46. The Morgan fingerprint density at radius 2 is 2.23 bits per heavy atom. The highest BCUT2D eigenvalue weighted by molar-refractivity contribution is 5.95. The zero-order chi connectivity index (χ0) is 10.1. The van der Waals surface area contributed by atoms with Crippen LogP contribution in [0.2, 0.25) is 0 Å². The van der Waals surface area contributed by atoms with Gasteiger partial charge in [0.1, 0.15) is 6.29 Å². The number of hydrogen-bond acceptors (Lipinski definition) is 3. The van der Waals surface area contributed by atoms with Crippen molar-refractivity contribution in [3.8, 4) is 0 Å². The van der Waals surface area contributed by atoms with Crippen LogP contribution >= 0.6 is 0 Å². The Hall–Kier alpha value is -0.900. The molecule has 4 heteroatoms. The van der Waals surface area contributed by atoms with E-state index < -0.39 is 5.41 Å². The van der Waals surface area contributed by atoms with E-state index in [-0.39, 0.29) is 12.1 Å². The predicted molar refractivity (Wildman–Crippen MR) is 48.8 cm³/mol. The Labute approximate surface area is 78.1 Å². The number of likely N-dealkylation sites (tertiary alicyclic amines) is 1. The van der Waals surface area contributed by atoms with Crippen LogP contribution in [-0.2, 0) is 9.59 Å². The summed E-state index contributed by atoms with van der Waals surface area (Å²) in [6.45, 7) is 3.91. The maximum absolute atomic E-state index is 11.7. The average Bonchev–Trinajstić information content (AvgIpc) is 2.50. The molecule has 4 nitrogen and oxygen atoms in total. The van der Waals surface area contributed by atoms with E-state index in [0.29, 0.717) is 12.8 Å². The molecule has 0 aromatic heterocycles. The standard InChI is InChI=1S/C9H16N2O2/c1-9(2,6-12)8(13)11-5-3-4-7(11)10/h6-7H,3-5,10H2,1-2H3. The summed E-state index contributed by atoms with van der Waals surface area (Å²) in [4.78, 5) is 24.0. The number of carbonyl (C=O) groups excluding carboxylic acids is 2. The normalized spacial score (nSPS) is 23.3. The largest absolute Gasteiger partial charge is 0.327 e. The molecule has 13 heavy (non-hydrogen) atoms. The van der Waals surface area contributed by atoms with Crippen LogP contribution in [-0.4, -0.2) is 29.8 Å². The summed E-state index contributed by atoms with van der Waals surface area (Å²) in [6, 6.07) is 0. The van der Waals surface area contributed by atoms with Crippen molar-refractivity contribution in [1.82, 2.24) is 4.90 Å². The van der Waals surface area contributed by atoms with E-state index in [1.807, 2.05) is 0 Å². The molecule has 0 saturated carbocycles. The van der Waals surface area contributed by atoms with Gasteiger partial charge in [0.2, 0.25) is 5.91 Å². The van der Waals surface area contributed by atoms with Crippen LogP contribution in [0.15, 0.2) is 0 Å². The quantitative estimate of drug-likeness (QED) is 0.489. The number of hydrogen-bond donors (Lipinski definition) is 1. The van der Waals surface area contributed by atoms with Gasteiger partial charge < -0.3 is 15.4 Å². The van der Waals surface area contributed by atoms with E-state index in [1.54, 1.807) is 18.7 Å². The van der Waals surface area contributed by atoms with Crippen LogP contribution < -0.4 is 5.73 Å². The zero-order valence-electron chi connectivity index (χ0n) is 8.12. The van der Waals surface area contributed by atoms with Crippen molar-refractivity contribution in [3.05, 3.63) is 0 Å². The minimum Gasteiger partial charge on any atom is -0.327 e. The summed E-state index contributed by atoms with van der Waals surface area (Å²) in [7, 11) is 0. The number of amides is 1. The summed E-state index contributed by atoms with van der Waals surface area (Å²) in [5.74, 6) is -0.160. The van der Waals surface area contributed by atoms with Crippen LogP contribution in [0.25, 0.3) is 0 Å². The zero-order valence-corrected chi connectivity index (χ0v) is 8.12. The van der Waals surface area contributed by atoms with Gasteiger partial charge in [-0.2, -0.15) is 0 Å². The monoisotopic (exact) mass is 184 g/mol. The molecule has 0 spiro atoms. The van der Waals surface area contributed by atoms with Gasteiger partial charge in [0.05, 0.1) is 11.6 Å². The number of nitrogens with zero attached hydrogens (tertiary/aromatic N) is 1. The SMILES string of the molecule is CC(C)(C=O)C(=O)N1CCCC1N. The van der Waals surface area contributed by atoms with Crippen LogP contribution in [0.3, 0.4) is 0 Å². The lowest BCUT2D eigenvalue weighted by molar-refractivity contribution is -0.144. The van der Waals surface area contributed by atoms with E-state index in [0.717, 1.165) is 12.8 Å².